The first-order chi connectivity index (χ1) is 9.97. The lowest BCUT2D eigenvalue weighted by molar-refractivity contribution is 0.198. The Labute approximate surface area is 129 Å². The number of nitrogens with one attached hydrogen (secondary N) is 1. The van der Waals surface area contributed by atoms with Gasteiger partial charge in [0.05, 0.1) is 0 Å². The second kappa shape index (κ2) is 5.79. The van der Waals surface area contributed by atoms with Crippen LogP contribution < -0.4 is 5.32 Å². The molecule has 1 heterocycles. The summed E-state index contributed by atoms with van der Waals surface area (Å²) in [5.74, 6) is 3.22. The maximum Gasteiger partial charge on any atom is 0.109 e. The third-order valence-electron chi connectivity index (χ3n) is 5.53. The maximum atomic E-state index is 5.96. The van der Waals surface area contributed by atoms with Gasteiger partial charge in [-0.05, 0) is 43.6 Å². The van der Waals surface area contributed by atoms with Crippen molar-refractivity contribution in [3.8, 4) is 0 Å². The fourth-order valence-corrected chi connectivity index (χ4v) is 4.43. The van der Waals surface area contributed by atoms with E-state index in [2.05, 4.69) is 39.1 Å². The van der Waals surface area contributed by atoms with E-state index >= 15 is 0 Å². The summed E-state index contributed by atoms with van der Waals surface area (Å²) in [4.78, 5) is 0. The van der Waals surface area contributed by atoms with Crippen molar-refractivity contribution in [2.45, 2.75) is 84.7 Å². The number of aryl methyl sites for hydroxylation is 1. The average Bonchev–Trinajstić information content (AvgIpc) is 2.78. The second-order valence-corrected chi connectivity index (χ2v) is 8.14. The molecule has 2 aliphatic rings. The molecule has 3 atom stereocenters. The number of hydrogen-bond acceptors (Lipinski definition) is 2. The Hall–Kier alpha value is -0.760. The van der Waals surface area contributed by atoms with E-state index in [1.165, 1.54) is 49.8 Å². The number of hydrogen-bond donors (Lipinski definition) is 1. The van der Waals surface area contributed by atoms with Gasteiger partial charge in [-0.2, -0.15) is 0 Å². The Kier molecular flexibility index (Phi) is 4.18. The molecule has 3 unspecified atom stereocenters. The van der Waals surface area contributed by atoms with Gasteiger partial charge in [0.2, 0.25) is 0 Å². The van der Waals surface area contributed by atoms with E-state index < -0.39 is 0 Å². The number of fused-ring (bicyclic) bond motifs is 1. The van der Waals surface area contributed by atoms with Crippen LogP contribution in [0.15, 0.2) is 10.5 Å². The highest BCUT2D eigenvalue weighted by Crippen LogP contribution is 2.43. The molecule has 0 aliphatic heterocycles. The first-order valence-corrected chi connectivity index (χ1v) is 8.82. The molecule has 1 fully saturated rings. The van der Waals surface area contributed by atoms with Gasteiger partial charge < -0.3 is 9.73 Å². The van der Waals surface area contributed by atoms with Crippen molar-refractivity contribution in [1.29, 1.82) is 0 Å². The first kappa shape index (κ1) is 15.1. The highest BCUT2D eigenvalue weighted by molar-refractivity contribution is 5.29. The summed E-state index contributed by atoms with van der Waals surface area (Å²) in [6.45, 7) is 9.17. The van der Waals surface area contributed by atoms with Crippen LogP contribution in [0.5, 0.6) is 0 Å². The normalized spacial score (nSPS) is 31.9. The SMILES string of the molecule is CCC1CCCC(NC2CC(C)(C)Cc3oc(C)cc32)C1. The molecule has 0 saturated heterocycles. The van der Waals surface area contributed by atoms with Gasteiger partial charge in [-0.25, -0.2) is 0 Å². The highest BCUT2D eigenvalue weighted by Gasteiger charge is 2.36. The Morgan fingerprint density at radius 1 is 1.33 bits per heavy atom. The van der Waals surface area contributed by atoms with Crippen LogP contribution >= 0.6 is 0 Å². The van der Waals surface area contributed by atoms with E-state index in [4.69, 9.17) is 4.42 Å². The largest absolute Gasteiger partial charge is 0.466 e. The zero-order valence-electron chi connectivity index (χ0n) is 14.2. The van der Waals surface area contributed by atoms with Crippen LogP contribution in [0, 0.1) is 18.3 Å². The minimum atomic E-state index is 0.341. The standard InChI is InChI=1S/C19H31NO/c1-5-14-7-6-8-15(10-14)20-17-11-19(3,4)12-18-16(17)9-13(2)21-18/h9,14-15,17,20H,5-8,10-12H2,1-4H3. The lowest BCUT2D eigenvalue weighted by atomic mass is 9.74. The molecule has 1 saturated carbocycles. The third kappa shape index (κ3) is 3.36. The summed E-state index contributed by atoms with van der Waals surface area (Å²) < 4.78 is 5.96. The molecule has 1 N–H and O–H groups in total. The monoisotopic (exact) mass is 289 g/mol. The smallest absolute Gasteiger partial charge is 0.109 e. The number of rotatable bonds is 3. The Bertz CT molecular complexity index is 488. The average molecular weight is 289 g/mol. The Balaban J connectivity index is 1.75. The molecule has 0 spiro atoms. The summed E-state index contributed by atoms with van der Waals surface area (Å²) in [5.41, 5.74) is 1.78. The maximum absolute atomic E-state index is 5.96. The van der Waals surface area contributed by atoms with Crippen LogP contribution in [0.3, 0.4) is 0 Å². The van der Waals surface area contributed by atoms with E-state index in [1.54, 1.807) is 0 Å². The lowest BCUT2D eigenvalue weighted by Gasteiger charge is -2.38. The summed E-state index contributed by atoms with van der Waals surface area (Å²) in [6.07, 6.45) is 9.18. The predicted molar refractivity (Wildman–Crippen MR) is 87.5 cm³/mol. The second-order valence-electron chi connectivity index (χ2n) is 8.14. The van der Waals surface area contributed by atoms with Crippen LogP contribution in [-0.2, 0) is 6.42 Å². The van der Waals surface area contributed by atoms with Crippen LogP contribution in [-0.4, -0.2) is 6.04 Å². The van der Waals surface area contributed by atoms with Gasteiger partial charge in [0, 0.05) is 24.1 Å². The van der Waals surface area contributed by atoms with E-state index in [9.17, 15) is 0 Å². The van der Waals surface area contributed by atoms with Crippen molar-refractivity contribution >= 4 is 0 Å². The highest BCUT2D eigenvalue weighted by atomic mass is 16.3. The molecular weight excluding hydrogens is 258 g/mol. The first-order valence-electron chi connectivity index (χ1n) is 8.82. The van der Waals surface area contributed by atoms with E-state index in [1.807, 2.05) is 0 Å². The molecular formula is C19H31NO. The van der Waals surface area contributed by atoms with Crippen molar-refractivity contribution in [2.24, 2.45) is 11.3 Å². The van der Waals surface area contributed by atoms with Crippen molar-refractivity contribution in [3.63, 3.8) is 0 Å². The van der Waals surface area contributed by atoms with Crippen molar-refractivity contribution in [3.05, 3.63) is 23.2 Å². The quantitative estimate of drug-likeness (QED) is 0.831. The van der Waals surface area contributed by atoms with Gasteiger partial charge in [-0.1, -0.05) is 40.0 Å². The predicted octanol–water partition coefficient (Wildman–Crippen LogP) is 5.16. The lowest BCUT2D eigenvalue weighted by Crippen LogP contribution is -2.40. The van der Waals surface area contributed by atoms with Crippen molar-refractivity contribution in [2.75, 3.05) is 0 Å². The zero-order valence-corrected chi connectivity index (χ0v) is 14.2. The van der Waals surface area contributed by atoms with Gasteiger partial charge in [-0.15, -0.1) is 0 Å². The van der Waals surface area contributed by atoms with Gasteiger partial charge in [-0.3, -0.25) is 0 Å². The molecule has 21 heavy (non-hydrogen) atoms. The fraction of sp³-hybridized carbons (Fsp3) is 0.789. The van der Waals surface area contributed by atoms with Crippen molar-refractivity contribution in [1.82, 2.24) is 5.32 Å². The Morgan fingerprint density at radius 2 is 2.14 bits per heavy atom. The fourth-order valence-electron chi connectivity index (χ4n) is 4.43. The van der Waals surface area contributed by atoms with E-state index in [-0.39, 0.29) is 0 Å². The van der Waals surface area contributed by atoms with E-state index in [0.29, 0.717) is 17.5 Å². The van der Waals surface area contributed by atoms with Crippen LogP contribution in [0.25, 0.3) is 0 Å². The molecule has 2 nitrogen and oxygen atoms in total. The van der Waals surface area contributed by atoms with Gasteiger partial charge >= 0.3 is 0 Å². The molecule has 0 bridgehead atoms. The summed E-state index contributed by atoms with van der Waals surface area (Å²) in [5, 5.41) is 3.99. The van der Waals surface area contributed by atoms with Gasteiger partial charge in [0.25, 0.3) is 0 Å². The van der Waals surface area contributed by atoms with Gasteiger partial charge in [0.1, 0.15) is 11.5 Å². The molecule has 2 aliphatic carbocycles. The number of furan rings is 1. The van der Waals surface area contributed by atoms with Crippen LogP contribution in [0.1, 0.15) is 82.4 Å². The minimum absolute atomic E-state index is 0.341. The van der Waals surface area contributed by atoms with Crippen LogP contribution in [0.2, 0.25) is 0 Å². The zero-order chi connectivity index (χ0) is 15.0. The third-order valence-corrected chi connectivity index (χ3v) is 5.53. The summed E-state index contributed by atoms with van der Waals surface area (Å²) in [7, 11) is 0. The molecule has 0 amide bonds. The van der Waals surface area contributed by atoms with E-state index in [0.717, 1.165) is 18.1 Å². The van der Waals surface area contributed by atoms with Gasteiger partial charge in [0.15, 0.2) is 0 Å². The molecule has 3 rings (SSSR count). The minimum Gasteiger partial charge on any atom is -0.466 e. The molecule has 2 heteroatoms. The molecule has 118 valence electrons. The summed E-state index contributed by atoms with van der Waals surface area (Å²) in [6, 6.07) is 3.45. The topological polar surface area (TPSA) is 25.2 Å². The van der Waals surface area contributed by atoms with Crippen LogP contribution in [0.4, 0.5) is 0 Å². The van der Waals surface area contributed by atoms with Crippen molar-refractivity contribution < 1.29 is 4.42 Å². The molecule has 0 radical (unpaired) electrons. The molecule has 0 aromatic carbocycles. The summed E-state index contributed by atoms with van der Waals surface area (Å²) >= 11 is 0. The molecule has 1 aromatic rings. The molecule has 1 aromatic heterocycles. The Morgan fingerprint density at radius 3 is 2.90 bits per heavy atom.